The Morgan fingerprint density at radius 2 is 1.73 bits per heavy atom. The number of carbonyl (C=O) groups is 5. The molecule has 2 aromatic rings. The third-order valence-electron chi connectivity index (χ3n) is 7.90. The standard InChI is InChI=1S/C30H38N4O10/c1-3-16-43-18-6-7-19-21(17-18)32-24(23(26(31)37)25(19)44-30(28(39)40)10-5-11-30)20(8-9-22(35)36)27(38)33-12-14-34(15-13-33)29(41)42-4-2/h6-7,17,20H,3-5,8-16H2,1-2H3,(H2,31,37)(H,35,36)(H,39,40). The fourth-order valence-corrected chi connectivity index (χ4v) is 5.38. The first-order chi connectivity index (χ1) is 21.0. The fourth-order valence-electron chi connectivity index (χ4n) is 5.38. The van der Waals surface area contributed by atoms with E-state index in [1.807, 2.05) is 6.92 Å². The second kappa shape index (κ2) is 13.8. The minimum absolute atomic E-state index is 0.105. The van der Waals surface area contributed by atoms with Crippen molar-refractivity contribution in [1.82, 2.24) is 14.8 Å². The number of rotatable bonds is 13. The van der Waals surface area contributed by atoms with Gasteiger partial charge in [-0.15, -0.1) is 0 Å². The van der Waals surface area contributed by atoms with Crippen LogP contribution < -0.4 is 15.2 Å². The van der Waals surface area contributed by atoms with Gasteiger partial charge in [0.25, 0.3) is 5.91 Å². The smallest absolute Gasteiger partial charge is 0.409 e. The molecule has 0 radical (unpaired) electrons. The molecular weight excluding hydrogens is 576 g/mol. The number of hydrogen-bond acceptors (Lipinski definition) is 9. The Morgan fingerprint density at radius 3 is 2.27 bits per heavy atom. The predicted molar refractivity (Wildman–Crippen MR) is 156 cm³/mol. The van der Waals surface area contributed by atoms with E-state index in [1.54, 1.807) is 25.1 Å². The highest BCUT2D eigenvalue weighted by Crippen LogP contribution is 2.43. The second-order valence-electron chi connectivity index (χ2n) is 10.8. The fraction of sp³-hybridized carbons (Fsp3) is 0.533. The number of carboxylic acid groups (broad SMARTS) is 2. The van der Waals surface area contributed by atoms with Gasteiger partial charge >= 0.3 is 18.0 Å². The summed E-state index contributed by atoms with van der Waals surface area (Å²) in [6.45, 7) is 4.92. The minimum atomic E-state index is -1.60. The van der Waals surface area contributed by atoms with Gasteiger partial charge in [0.05, 0.1) is 30.3 Å². The number of amides is 3. The Balaban J connectivity index is 1.84. The van der Waals surface area contributed by atoms with Crippen LogP contribution in [0.3, 0.4) is 0 Å². The van der Waals surface area contributed by atoms with Crippen LogP contribution in [0, 0.1) is 0 Å². The summed E-state index contributed by atoms with van der Waals surface area (Å²) in [5.74, 6) is -4.79. The van der Waals surface area contributed by atoms with E-state index in [-0.39, 0.29) is 74.6 Å². The molecule has 1 aliphatic carbocycles. The first-order valence-corrected chi connectivity index (χ1v) is 14.8. The number of nitrogens with zero attached hydrogens (tertiary/aromatic N) is 3. The van der Waals surface area contributed by atoms with Crippen molar-refractivity contribution >= 4 is 40.7 Å². The van der Waals surface area contributed by atoms with Gasteiger partial charge in [-0.25, -0.2) is 9.59 Å². The van der Waals surface area contributed by atoms with Crippen LogP contribution in [0.5, 0.6) is 11.5 Å². The van der Waals surface area contributed by atoms with Gasteiger partial charge in [-0.3, -0.25) is 19.4 Å². The molecule has 14 heteroatoms. The molecule has 2 aliphatic rings. The Kier molecular flexibility index (Phi) is 10.1. The summed E-state index contributed by atoms with van der Waals surface area (Å²) < 4.78 is 17.0. The van der Waals surface area contributed by atoms with Crippen molar-refractivity contribution in [2.45, 2.75) is 63.9 Å². The Morgan fingerprint density at radius 1 is 1.05 bits per heavy atom. The lowest BCUT2D eigenvalue weighted by atomic mass is 9.80. The van der Waals surface area contributed by atoms with Gasteiger partial charge in [-0.2, -0.15) is 0 Å². The predicted octanol–water partition coefficient (Wildman–Crippen LogP) is 2.76. The van der Waals surface area contributed by atoms with Gasteiger partial charge in [0, 0.05) is 44.1 Å². The van der Waals surface area contributed by atoms with Crippen LogP contribution in [0.4, 0.5) is 4.79 Å². The second-order valence-corrected chi connectivity index (χ2v) is 10.8. The van der Waals surface area contributed by atoms with Gasteiger partial charge in [-0.05, 0) is 51.2 Å². The molecule has 1 aromatic carbocycles. The number of nitrogens with two attached hydrogens (primary N) is 1. The summed E-state index contributed by atoms with van der Waals surface area (Å²) >= 11 is 0. The maximum absolute atomic E-state index is 14.1. The van der Waals surface area contributed by atoms with Crippen molar-refractivity contribution in [3.63, 3.8) is 0 Å². The van der Waals surface area contributed by atoms with Crippen molar-refractivity contribution in [3.05, 3.63) is 29.5 Å². The Bertz CT molecular complexity index is 1430. The van der Waals surface area contributed by atoms with Gasteiger partial charge in [0.1, 0.15) is 17.1 Å². The molecule has 4 N–H and O–H groups in total. The molecule has 3 amide bonds. The first kappa shape index (κ1) is 32.3. The van der Waals surface area contributed by atoms with Crippen LogP contribution in [0.1, 0.15) is 74.3 Å². The van der Waals surface area contributed by atoms with Crippen LogP contribution in [0.2, 0.25) is 0 Å². The molecule has 2 fully saturated rings. The Labute approximate surface area is 254 Å². The van der Waals surface area contributed by atoms with Crippen LogP contribution in [-0.2, 0) is 19.1 Å². The van der Waals surface area contributed by atoms with E-state index in [9.17, 15) is 34.2 Å². The number of ether oxygens (including phenoxy) is 3. The molecule has 238 valence electrons. The van der Waals surface area contributed by atoms with E-state index >= 15 is 0 Å². The molecule has 1 unspecified atom stereocenters. The average Bonchev–Trinajstić information content (AvgIpc) is 2.97. The molecule has 2 heterocycles. The number of fused-ring (bicyclic) bond motifs is 1. The number of aliphatic carboxylic acids is 2. The van der Waals surface area contributed by atoms with Gasteiger partial charge in [-0.1, -0.05) is 6.92 Å². The SMILES string of the molecule is CCCOc1ccc2c(OC3(C(=O)O)CCC3)c(C(N)=O)c(C(CCC(=O)O)C(=O)N3CCN(C(=O)OCC)CC3)nc2c1. The minimum Gasteiger partial charge on any atom is -0.494 e. The van der Waals surface area contributed by atoms with Crippen LogP contribution in [-0.4, -0.2) is 99.8 Å². The summed E-state index contributed by atoms with van der Waals surface area (Å²) in [5, 5.41) is 19.8. The third kappa shape index (κ3) is 6.79. The van der Waals surface area contributed by atoms with E-state index in [4.69, 9.17) is 19.9 Å². The van der Waals surface area contributed by atoms with Crippen molar-refractivity contribution in [2.24, 2.45) is 5.73 Å². The lowest BCUT2D eigenvalue weighted by molar-refractivity contribution is -0.163. The quantitative estimate of drug-likeness (QED) is 0.300. The van der Waals surface area contributed by atoms with Crippen molar-refractivity contribution < 1.29 is 48.4 Å². The summed E-state index contributed by atoms with van der Waals surface area (Å²) in [6, 6.07) is 4.83. The Hall–Kier alpha value is -4.62. The maximum atomic E-state index is 14.1. The number of aromatic nitrogens is 1. The molecule has 1 atom stereocenters. The van der Waals surface area contributed by atoms with E-state index in [2.05, 4.69) is 4.98 Å². The molecule has 1 saturated carbocycles. The first-order valence-electron chi connectivity index (χ1n) is 14.8. The third-order valence-corrected chi connectivity index (χ3v) is 7.90. The molecule has 44 heavy (non-hydrogen) atoms. The zero-order valence-electron chi connectivity index (χ0n) is 24.9. The number of benzene rings is 1. The maximum Gasteiger partial charge on any atom is 0.409 e. The highest BCUT2D eigenvalue weighted by Gasteiger charge is 2.48. The average molecular weight is 615 g/mol. The molecule has 1 aliphatic heterocycles. The molecular formula is C30H38N4O10. The van der Waals surface area contributed by atoms with Crippen molar-refractivity contribution in [2.75, 3.05) is 39.4 Å². The van der Waals surface area contributed by atoms with Gasteiger partial charge < -0.3 is 40.0 Å². The number of hydrogen-bond donors (Lipinski definition) is 3. The normalized spacial score (nSPS) is 16.5. The molecule has 1 saturated heterocycles. The van der Waals surface area contributed by atoms with Gasteiger partial charge in [0.15, 0.2) is 0 Å². The number of primary amides is 1. The molecule has 14 nitrogen and oxygen atoms in total. The largest absolute Gasteiger partial charge is 0.494 e. The van der Waals surface area contributed by atoms with E-state index in [0.29, 0.717) is 24.2 Å². The molecule has 1 aromatic heterocycles. The number of carboxylic acids is 2. The van der Waals surface area contributed by atoms with E-state index in [0.717, 1.165) is 6.42 Å². The zero-order valence-corrected chi connectivity index (χ0v) is 24.9. The number of carbonyl (C=O) groups excluding carboxylic acids is 3. The lowest BCUT2D eigenvalue weighted by Gasteiger charge is -2.39. The topological polar surface area (TPSA) is 199 Å². The molecule has 4 rings (SSSR count). The van der Waals surface area contributed by atoms with E-state index in [1.165, 1.54) is 9.80 Å². The van der Waals surface area contributed by atoms with E-state index < -0.39 is 47.8 Å². The highest BCUT2D eigenvalue weighted by atomic mass is 16.6. The molecule has 0 spiro atoms. The molecule has 0 bridgehead atoms. The summed E-state index contributed by atoms with van der Waals surface area (Å²) in [5.41, 5.74) is 4.15. The highest BCUT2D eigenvalue weighted by molar-refractivity contribution is 6.05. The zero-order chi connectivity index (χ0) is 32.0. The lowest BCUT2D eigenvalue weighted by Crippen LogP contribution is -2.52. The summed E-state index contributed by atoms with van der Waals surface area (Å²) in [7, 11) is 0. The number of pyridine rings is 1. The van der Waals surface area contributed by atoms with Crippen molar-refractivity contribution in [3.8, 4) is 11.5 Å². The van der Waals surface area contributed by atoms with Crippen LogP contribution >= 0.6 is 0 Å². The number of piperazine rings is 1. The summed E-state index contributed by atoms with van der Waals surface area (Å²) in [4.78, 5) is 70.9. The van der Waals surface area contributed by atoms with Gasteiger partial charge in [0.2, 0.25) is 11.5 Å². The summed E-state index contributed by atoms with van der Waals surface area (Å²) in [6.07, 6.45) is 0.586. The van der Waals surface area contributed by atoms with Crippen molar-refractivity contribution in [1.29, 1.82) is 0 Å². The van der Waals surface area contributed by atoms with Crippen LogP contribution in [0.25, 0.3) is 10.9 Å². The monoisotopic (exact) mass is 614 g/mol. The van der Waals surface area contributed by atoms with Crippen LogP contribution in [0.15, 0.2) is 18.2 Å².